The third-order valence-electron chi connectivity index (χ3n) is 3.45. The Bertz CT molecular complexity index is 619. The number of aromatic amines is 1. The van der Waals surface area contributed by atoms with Gasteiger partial charge < -0.3 is 25.6 Å². The van der Waals surface area contributed by atoms with Gasteiger partial charge in [-0.3, -0.25) is 29.0 Å². The van der Waals surface area contributed by atoms with Gasteiger partial charge in [-0.1, -0.05) is 0 Å². The minimum absolute atomic E-state index is 0.00664. The van der Waals surface area contributed by atoms with Crippen molar-refractivity contribution in [2.75, 3.05) is 45.8 Å². The number of carbonyl (C=O) groups is 4. The van der Waals surface area contributed by atoms with Gasteiger partial charge in [-0.2, -0.15) is 0 Å². The first-order valence-corrected chi connectivity index (χ1v) is 8.10. The molecule has 0 saturated carbocycles. The molecule has 27 heavy (non-hydrogen) atoms. The van der Waals surface area contributed by atoms with E-state index in [0.717, 1.165) is 10.6 Å². The zero-order valence-electron chi connectivity index (χ0n) is 14.6. The second-order valence-electron chi connectivity index (χ2n) is 5.78. The maximum atomic E-state index is 12.0. The molecule has 1 aromatic rings. The van der Waals surface area contributed by atoms with E-state index in [4.69, 9.17) is 15.3 Å². The van der Waals surface area contributed by atoms with Crippen LogP contribution in [0.2, 0.25) is 0 Å². The summed E-state index contributed by atoms with van der Waals surface area (Å²) in [6, 6.07) is 0. The highest BCUT2D eigenvalue weighted by atomic mass is 16.4. The summed E-state index contributed by atoms with van der Waals surface area (Å²) in [5, 5.41) is 29.3. The van der Waals surface area contributed by atoms with E-state index in [9.17, 15) is 19.2 Å². The van der Waals surface area contributed by atoms with Crippen molar-refractivity contribution in [2.24, 2.45) is 0 Å². The first-order valence-electron chi connectivity index (χ1n) is 8.10. The lowest BCUT2D eigenvalue weighted by atomic mass is 10.3. The van der Waals surface area contributed by atoms with Crippen molar-refractivity contribution in [1.29, 1.82) is 0 Å². The fraction of sp³-hybridized carbons (Fsp3) is 0.533. The fourth-order valence-corrected chi connectivity index (χ4v) is 2.30. The molecule has 12 heteroatoms. The third-order valence-corrected chi connectivity index (χ3v) is 3.45. The molecule has 12 nitrogen and oxygen atoms in total. The van der Waals surface area contributed by atoms with Gasteiger partial charge in [0, 0.05) is 37.9 Å². The molecule has 0 aliphatic rings. The van der Waals surface area contributed by atoms with Crippen LogP contribution in [0.25, 0.3) is 0 Å². The van der Waals surface area contributed by atoms with Crippen molar-refractivity contribution in [2.45, 2.75) is 6.42 Å². The summed E-state index contributed by atoms with van der Waals surface area (Å²) in [7, 11) is 0. The van der Waals surface area contributed by atoms with E-state index in [0.29, 0.717) is 13.0 Å². The Hall–Kier alpha value is -2.99. The molecule has 0 spiro atoms. The molecule has 0 aliphatic carbocycles. The van der Waals surface area contributed by atoms with Gasteiger partial charge in [0.25, 0.3) is 0 Å². The van der Waals surface area contributed by atoms with Crippen LogP contribution >= 0.6 is 0 Å². The van der Waals surface area contributed by atoms with E-state index in [2.05, 4.69) is 15.3 Å². The van der Waals surface area contributed by atoms with E-state index in [1.807, 2.05) is 0 Å². The predicted molar refractivity (Wildman–Crippen MR) is 91.1 cm³/mol. The van der Waals surface area contributed by atoms with Crippen molar-refractivity contribution in [3.05, 3.63) is 18.2 Å². The number of aromatic nitrogens is 2. The van der Waals surface area contributed by atoms with Crippen LogP contribution in [0.15, 0.2) is 12.5 Å². The summed E-state index contributed by atoms with van der Waals surface area (Å²) >= 11 is 0. The van der Waals surface area contributed by atoms with E-state index < -0.39 is 43.4 Å². The number of nitrogens with zero attached hydrogens (tertiary/aromatic N) is 3. The Kier molecular flexibility index (Phi) is 9.47. The molecule has 0 unspecified atom stereocenters. The molecular weight excluding hydrogens is 362 g/mol. The van der Waals surface area contributed by atoms with Gasteiger partial charge in [-0.25, -0.2) is 4.98 Å². The van der Waals surface area contributed by atoms with Gasteiger partial charge in [-0.15, -0.1) is 0 Å². The first-order chi connectivity index (χ1) is 12.8. The number of hydrogen-bond acceptors (Lipinski definition) is 7. The number of aliphatic carboxylic acids is 3. The summed E-state index contributed by atoms with van der Waals surface area (Å²) < 4.78 is 0. The summed E-state index contributed by atoms with van der Waals surface area (Å²) in [4.78, 5) is 53.8. The van der Waals surface area contributed by atoms with Gasteiger partial charge >= 0.3 is 17.9 Å². The van der Waals surface area contributed by atoms with Crippen LogP contribution in [0.3, 0.4) is 0 Å². The Morgan fingerprint density at radius 1 is 0.926 bits per heavy atom. The number of nitrogens with one attached hydrogen (secondary N) is 2. The highest BCUT2D eigenvalue weighted by Crippen LogP contribution is 1.95. The molecule has 0 atom stereocenters. The van der Waals surface area contributed by atoms with Crippen molar-refractivity contribution < 1.29 is 34.5 Å². The molecular formula is C15H23N5O7. The minimum Gasteiger partial charge on any atom is -0.480 e. The number of carbonyl (C=O) groups excluding carboxylic acids is 1. The molecule has 150 valence electrons. The number of carboxylic acids is 3. The smallest absolute Gasteiger partial charge is 0.317 e. The Morgan fingerprint density at radius 2 is 1.44 bits per heavy atom. The van der Waals surface area contributed by atoms with Gasteiger partial charge in [0.15, 0.2) is 0 Å². The minimum atomic E-state index is -1.20. The molecule has 1 aromatic heterocycles. The second-order valence-corrected chi connectivity index (χ2v) is 5.78. The molecule has 5 N–H and O–H groups in total. The zero-order valence-corrected chi connectivity index (χ0v) is 14.6. The molecule has 0 aromatic carbocycles. The maximum absolute atomic E-state index is 12.0. The molecule has 0 bridgehead atoms. The highest BCUT2D eigenvalue weighted by molar-refractivity contribution is 5.79. The Morgan fingerprint density at radius 3 is 1.89 bits per heavy atom. The van der Waals surface area contributed by atoms with E-state index in [-0.39, 0.29) is 19.6 Å². The monoisotopic (exact) mass is 385 g/mol. The van der Waals surface area contributed by atoms with Gasteiger partial charge in [0.2, 0.25) is 5.91 Å². The number of rotatable bonds is 14. The van der Waals surface area contributed by atoms with Crippen LogP contribution in [0.1, 0.15) is 5.69 Å². The highest BCUT2D eigenvalue weighted by Gasteiger charge is 2.18. The van der Waals surface area contributed by atoms with E-state index in [1.54, 1.807) is 6.20 Å². The van der Waals surface area contributed by atoms with Crippen LogP contribution in [0.5, 0.6) is 0 Å². The molecule has 1 rings (SSSR count). The Balaban J connectivity index is 2.49. The lowest BCUT2D eigenvalue weighted by Crippen LogP contribution is -2.45. The predicted octanol–water partition coefficient (Wildman–Crippen LogP) is -2.07. The quantitative estimate of drug-likeness (QED) is 0.239. The third kappa shape index (κ3) is 10.6. The van der Waals surface area contributed by atoms with Crippen LogP contribution < -0.4 is 5.32 Å². The molecule has 1 heterocycles. The van der Waals surface area contributed by atoms with Crippen molar-refractivity contribution >= 4 is 23.8 Å². The van der Waals surface area contributed by atoms with Crippen molar-refractivity contribution in [1.82, 2.24) is 25.1 Å². The normalized spacial score (nSPS) is 10.9. The summed E-state index contributed by atoms with van der Waals surface area (Å²) in [5.41, 5.74) is 0.843. The summed E-state index contributed by atoms with van der Waals surface area (Å²) in [5.74, 6) is -3.93. The molecule has 0 saturated heterocycles. The maximum Gasteiger partial charge on any atom is 0.317 e. The number of carboxylic acid groups (broad SMARTS) is 3. The van der Waals surface area contributed by atoms with Crippen LogP contribution in [-0.4, -0.2) is 105 Å². The fourth-order valence-electron chi connectivity index (χ4n) is 2.30. The molecule has 0 aliphatic heterocycles. The second kappa shape index (κ2) is 11.6. The van der Waals surface area contributed by atoms with Crippen molar-refractivity contribution in [3.8, 4) is 0 Å². The van der Waals surface area contributed by atoms with E-state index >= 15 is 0 Å². The first kappa shape index (κ1) is 22.1. The van der Waals surface area contributed by atoms with Crippen molar-refractivity contribution in [3.63, 3.8) is 0 Å². The van der Waals surface area contributed by atoms with Crippen LogP contribution in [-0.2, 0) is 25.6 Å². The molecule has 0 fully saturated rings. The number of hydrogen-bond donors (Lipinski definition) is 5. The van der Waals surface area contributed by atoms with Crippen LogP contribution in [0, 0.1) is 0 Å². The van der Waals surface area contributed by atoms with Gasteiger partial charge in [0.1, 0.15) is 0 Å². The van der Waals surface area contributed by atoms with E-state index in [1.165, 1.54) is 11.2 Å². The standard InChI is InChI=1S/C15H23N5O7/c21-12(17-2-1-11-5-16-10-18-11)6-19(7-13(22)23)3-4-20(8-14(24)25)9-15(26)27/h5,10H,1-4,6-9H2,(H,16,18)(H,17,21)(H,22,23)(H,24,25)(H,26,27). The Labute approximate surface area is 154 Å². The lowest BCUT2D eigenvalue weighted by Gasteiger charge is -2.24. The zero-order chi connectivity index (χ0) is 20.2. The summed E-state index contributed by atoms with van der Waals surface area (Å²) in [6.07, 6.45) is 3.68. The number of imidazole rings is 1. The average molecular weight is 385 g/mol. The number of H-pyrrole nitrogens is 1. The summed E-state index contributed by atoms with van der Waals surface area (Å²) in [6.45, 7) is -1.27. The van der Waals surface area contributed by atoms with Gasteiger partial charge in [-0.05, 0) is 0 Å². The van der Waals surface area contributed by atoms with Crippen LogP contribution in [0.4, 0.5) is 0 Å². The van der Waals surface area contributed by atoms with Gasteiger partial charge in [0.05, 0.1) is 32.5 Å². The largest absolute Gasteiger partial charge is 0.480 e. The number of amides is 1. The SMILES string of the molecule is O=C(O)CN(CCN(CC(=O)O)CC(=O)NCCc1cnc[nH]1)CC(=O)O. The molecule has 1 amide bonds. The average Bonchev–Trinajstić information content (AvgIpc) is 3.04. The topological polar surface area (TPSA) is 176 Å². The molecule has 0 radical (unpaired) electrons. The lowest BCUT2D eigenvalue weighted by molar-refractivity contribution is -0.143.